The van der Waals surface area contributed by atoms with E-state index in [2.05, 4.69) is 140 Å². The van der Waals surface area contributed by atoms with Gasteiger partial charge in [0.15, 0.2) is 5.65 Å². The molecule has 0 aliphatic carbocycles. The minimum atomic E-state index is 0.522. The Labute approximate surface area is 335 Å². The number of rotatable bonds is 5. The second kappa shape index (κ2) is 15.5. The minimum Gasteiger partial charge on any atom is -0.356 e. The van der Waals surface area contributed by atoms with Crippen molar-refractivity contribution >= 4 is 71.3 Å². The summed E-state index contributed by atoms with van der Waals surface area (Å²) in [6.07, 6.45) is 3.28. The van der Waals surface area contributed by atoms with E-state index in [4.69, 9.17) is 28.1 Å². The lowest BCUT2D eigenvalue weighted by atomic mass is 9.93. The van der Waals surface area contributed by atoms with Crippen molar-refractivity contribution in [2.24, 2.45) is 5.92 Å². The first kappa shape index (κ1) is 38.9. The minimum absolute atomic E-state index is 0.522. The van der Waals surface area contributed by atoms with E-state index in [-0.39, 0.29) is 0 Å². The van der Waals surface area contributed by atoms with Gasteiger partial charge in [-0.15, -0.1) is 0 Å². The number of aromatic nitrogens is 6. The molecule has 8 nitrogen and oxygen atoms in total. The van der Waals surface area contributed by atoms with Gasteiger partial charge in [0.1, 0.15) is 28.3 Å². The number of aryl methyl sites for hydroxylation is 8. The Morgan fingerprint density at radius 1 is 0.679 bits per heavy atom. The number of anilines is 1. The van der Waals surface area contributed by atoms with Crippen molar-refractivity contribution < 1.29 is 0 Å². The number of nitrogens with zero attached hydrogens (tertiary/aromatic N) is 8. The molecule has 4 aromatic heterocycles. The zero-order valence-electron chi connectivity index (χ0n) is 32.3. The van der Waals surface area contributed by atoms with Crippen molar-refractivity contribution in [1.29, 1.82) is 0 Å². The largest absolute Gasteiger partial charge is 0.356 e. The monoisotopic (exact) mass is 856 g/mol. The van der Waals surface area contributed by atoms with Crippen LogP contribution in [-0.2, 0) is 0 Å². The molecule has 7 rings (SSSR count). The van der Waals surface area contributed by atoms with Gasteiger partial charge in [-0.25, -0.2) is 26.5 Å². The Kier molecular flexibility index (Phi) is 11.4. The topological polar surface area (TPSA) is 69.0 Å². The third kappa shape index (κ3) is 7.37. The molecule has 0 unspecified atom stereocenters. The van der Waals surface area contributed by atoms with E-state index in [1.165, 1.54) is 44.6 Å². The molecule has 276 valence electrons. The van der Waals surface area contributed by atoms with Crippen LogP contribution in [0.2, 0.25) is 5.15 Å². The van der Waals surface area contributed by atoms with E-state index in [1.807, 2.05) is 13.8 Å². The van der Waals surface area contributed by atoms with E-state index in [9.17, 15) is 0 Å². The first-order valence-corrected chi connectivity index (χ1v) is 20.1. The fourth-order valence-electron chi connectivity index (χ4n) is 8.03. The van der Waals surface area contributed by atoms with Crippen molar-refractivity contribution in [3.8, 4) is 11.4 Å². The lowest BCUT2D eigenvalue weighted by Gasteiger charge is -2.32. The molecule has 1 aliphatic heterocycles. The Balaban J connectivity index is 0.000000192. The Morgan fingerprint density at radius 3 is 1.58 bits per heavy atom. The fourth-order valence-corrected chi connectivity index (χ4v) is 9.75. The van der Waals surface area contributed by atoms with Gasteiger partial charge in [0, 0.05) is 39.8 Å². The summed E-state index contributed by atoms with van der Waals surface area (Å²) in [6, 6.07) is 8.59. The molecule has 6 aromatic rings. The average molecular weight is 859 g/mol. The van der Waals surface area contributed by atoms with Gasteiger partial charge >= 0.3 is 0 Å². The van der Waals surface area contributed by atoms with Crippen LogP contribution in [0.25, 0.3) is 38.3 Å². The summed E-state index contributed by atoms with van der Waals surface area (Å²) >= 11 is 13.6. The quantitative estimate of drug-likeness (QED) is 0.128. The van der Waals surface area contributed by atoms with Gasteiger partial charge in [-0.05, 0) is 146 Å². The van der Waals surface area contributed by atoms with Crippen LogP contribution in [0.4, 0.5) is 5.82 Å². The van der Waals surface area contributed by atoms with E-state index in [0.717, 1.165) is 86.6 Å². The van der Waals surface area contributed by atoms with Crippen molar-refractivity contribution in [3.05, 3.63) is 106 Å². The van der Waals surface area contributed by atoms with Gasteiger partial charge in [0.05, 0.1) is 22.1 Å². The number of hydrogen-bond donors (Lipinski definition) is 0. The molecule has 1 saturated heterocycles. The average Bonchev–Trinajstić information content (AvgIpc) is 3.47. The second-order valence-electron chi connectivity index (χ2n) is 14.5. The number of halogens is 3. The zero-order chi connectivity index (χ0) is 38.5. The third-order valence-electron chi connectivity index (χ3n) is 10.8. The molecule has 53 heavy (non-hydrogen) atoms. The van der Waals surface area contributed by atoms with Gasteiger partial charge < -0.3 is 9.74 Å². The first-order chi connectivity index (χ1) is 25.1. The Bertz CT molecular complexity index is 2380. The van der Waals surface area contributed by atoms with E-state index >= 15 is 0 Å². The number of benzene rings is 2. The summed E-state index contributed by atoms with van der Waals surface area (Å²) in [5, 5.41) is 2.63. The molecule has 0 bridgehead atoms. The van der Waals surface area contributed by atoms with Crippen LogP contribution in [0.1, 0.15) is 75.7 Å². The van der Waals surface area contributed by atoms with Crippen molar-refractivity contribution in [2.45, 2.75) is 88.5 Å². The number of piperidine rings is 1. The van der Waals surface area contributed by atoms with Crippen LogP contribution in [-0.4, -0.2) is 48.7 Å². The Hall–Kier alpha value is -3.78. The number of hydrogen-bond acceptors (Lipinski definition) is 5. The molecule has 0 radical (unpaired) electrons. The summed E-state index contributed by atoms with van der Waals surface area (Å²) < 4.78 is 6.70. The van der Waals surface area contributed by atoms with Crippen LogP contribution in [0.5, 0.6) is 0 Å². The highest BCUT2D eigenvalue weighted by Gasteiger charge is 2.27. The summed E-state index contributed by atoms with van der Waals surface area (Å²) in [4.78, 5) is 24.8. The highest BCUT2D eigenvalue weighted by molar-refractivity contribution is 9.10. The lowest BCUT2D eigenvalue weighted by molar-refractivity contribution is 0.391. The molecule has 2 aromatic carbocycles. The smallest absolute Gasteiger partial charge is 0.214 e. The molecule has 0 N–H and O–H groups in total. The molecule has 0 saturated carbocycles. The maximum atomic E-state index is 7.06. The van der Waals surface area contributed by atoms with E-state index < -0.39 is 0 Å². The van der Waals surface area contributed by atoms with Gasteiger partial charge in [-0.3, -0.25) is 9.13 Å². The van der Waals surface area contributed by atoms with E-state index in [1.54, 1.807) is 0 Å². The van der Waals surface area contributed by atoms with Crippen molar-refractivity contribution in [3.63, 3.8) is 0 Å². The molecule has 11 heteroatoms. The normalized spacial score (nSPS) is 13.5. The summed E-state index contributed by atoms with van der Waals surface area (Å²) in [7, 11) is 0. The number of fused-ring (bicyclic) bond motifs is 2. The maximum absolute atomic E-state index is 7.06. The molecule has 1 fully saturated rings. The predicted molar refractivity (Wildman–Crippen MR) is 227 cm³/mol. The molecule has 0 amide bonds. The van der Waals surface area contributed by atoms with Crippen LogP contribution in [0, 0.1) is 81.7 Å². The standard InChI is InChI=1S/C25H30BrN5.C17H17BrClN3/c1-15-13-21(26)14-16(2)23(15)31-18(4)17(3)22-24(28-19(5)29-25(22)31)30-11-8-20(9-12-30)7-10-27-6;1-8-6-13(18)7-9(2)15(8)22-11(4)10(3)14-16(19)20-12(5)21-17(14)22/h13-14,20H,7-12H2,1-5H3;6-7H,1-5H3. The first-order valence-electron chi connectivity index (χ1n) is 18.1. The molecular formula is C42H47Br2ClN8. The molecule has 5 heterocycles. The zero-order valence-corrected chi connectivity index (χ0v) is 36.3. The van der Waals surface area contributed by atoms with E-state index in [0.29, 0.717) is 23.4 Å². The Morgan fingerprint density at radius 2 is 1.11 bits per heavy atom. The van der Waals surface area contributed by atoms with Gasteiger partial charge in [-0.1, -0.05) is 43.5 Å². The van der Waals surface area contributed by atoms with Crippen LogP contribution < -0.4 is 4.90 Å². The van der Waals surface area contributed by atoms with Crippen LogP contribution in [0.3, 0.4) is 0 Å². The summed E-state index contributed by atoms with van der Waals surface area (Å²) in [6.45, 7) is 30.7. The van der Waals surface area contributed by atoms with Gasteiger partial charge in [0.2, 0.25) is 6.54 Å². The SMILES string of the molecule is Cc1nc(Cl)c2c(C)c(C)n(-c3c(C)cc(Br)cc3C)c2n1.[C-]#[N+]CCC1CCN(c2nc(C)nc3c2c(C)c(C)n3-c2c(C)cc(Br)cc2C)CC1. The fraction of sp³-hybridized carbons (Fsp3) is 0.405. The molecular weight excluding hydrogens is 812 g/mol. The highest BCUT2D eigenvalue weighted by Crippen LogP contribution is 2.38. The van der Waals surface area contributed by atoms with Crippen molar-refractivity contribution in [2.75, 3.05) is 24.5 Å². The van der Waals surface area contributed by atoms with Crippen LogP contribution >= 0.6 is 43.5 Å². The highest BCUT2D eigenvalue weighted by atomic mass is 79.9. The molecule has 0 atom stereocenters. The molecule has 1 aliphatic rings. The van der Waals surface area contributed by atoms with Gasteiger partial charge in [0.25, 0.3) is 0 Å². The van der Waals surface area contributed by atoms with Crippen LogP contribution in [0.15, 0.2) is 33.2 Å². The second-order valence-corrected chi connectivity index (χ2v) is 16.7. The maximum Gasteiger partial charge on any atom is 0.214 e. The third-order valence-corrected chi connectivity index (χ3v) is 12.0. The summed E-state index contributed by atoms with van der Waals surface area (Å²) in [5.74, 6) is 3.22. The lowest BCUT2D eigenvalue weighted by Crippen LogP contribution is -2.34. The molecule has 0 spiro atoms. The van der Waals surface area contributed by atoms with Gasteiger partial charge in [-0.2, -0.15) is 0 Å². The summed E-state index contributed by atoms with van der Waals surface area (Å²) in [5.41, 5.74) is 13.8. The van der Waals surface area contributed by atoms with Crippen molar-refractivity contribution in [1.82, 2.24) is 29.1 Å². The predicted octanol–water partition coefficient (Wildman–Crippen LogP) is 11.6.